The van der Waals surface area contributed by atoms with Gasteiger partial charge in [-0.15, -0.1) is 11.3 Å². The van der Waals surface area contributed by atoms with E-state index in [-0.39, 0.29) is 0 Å². The minimum absolute atomic E-state index is 0.556. The second-order valence-electron chi connectivity index (χ2n) is 5.07. The van der Waals surface area contributed by atoms with Gasteiger partial charge in [-0.2, -0.15) is 0 Å². The fourth-order valence-corrected chi connectivity index (χ4v) is 3.10. The average molecular weight is 253 g/mol. The Labute approximate surface area is 108 Å². The van der Waals surface area contributed by atoms with Crippen LogP contribution in [0, 0.1) is 5.41 Å². The van der Waals surface area contributed by atoms with Crippen LogP contribution in [0.4, 0.5) is 0 Å². The van der Waals surface area contributed by atoms with E-state index in [9.17, 15) is 0 Å². The van der Waals surface area contributed by atoms with Gasteiger partial charge in [0.2, 0.25) is 0 Å². The van der Waals surface area contributed by atoms with Crippen LogP contribution >= 0.6 is 11.3 Å². The van der Waals surface area contributed by atoms with Crippen molar-refractivity contribution in [2.75, 3.05) is 20.3 Å². The molecule has 0 aromatic carbocycles. The number of rotatable bonds is 8. The first-order valence-corrected chi connectivity index (χ1v) is 7.37. The van der Waals surface area contributed by atoms with Crippen LogP contribution in [0.2, 0.25) is 0 Å². The van der Waals surface area contributed by atoms with Gasteiger partial charge >= 0.3 is 0 Å². The lowest BCUT2D eigenvalue weighted by Gasteiger charge is -2.14. The van der Waals surface area contributed by atoms with Crippen molar-refractivity contribution in [2.45, 2.75) is 39.2 Å². The van der Waals surface area contributed by atoms with Gasteiger partial charge in [0.25, 0.3) is 0 Å². The van der Waals surface area contributed by atoms with Crippen molar-refractivity contribution in [3.8, 4) is 0 Å². The van der Waals surface area contributed by atoms with Crippen molar-refractivity contribution in [1.29, 1.82) is 0 Å². The van der Waals surface area contributed by atoms with Crippen LogP contribution in [0.1, 0.15) is 35.9 Å². The fraction of sp³-hybridized carbons (Fsp3) is 0.714. The lowest BCUT2D eigenvalue weighted by atomic mass is 10.0. The molecule has 1 N–H and O–H groups in total. The zero-order chi connectivity index (χ0) is 12.1. The number of ether oxygens (including phenoxy) is 1. The number of aryl methyl sites for hydroxylation is 1. The van der Waals surface area contributed by atoms with E-state index in [1.165, 1.54) is 29.0 Å². The highest BCUT2D eigenvalue weighted by atomic mass is 32.1. The SMILES string of the molecule is CCc1ccc(CNCC2(CCOC)CC2)s1. The van der Waals surface area contributed by atoms with Crippen LogP contribution in [0.25, 0.3) is 0 Å². The molecule has 0 radical (unpaired) electrons. The van der Waals surface area contributed by atoms with Gasteiger partial charge in [0.05, 0.1) is 0 Å². The van der Waals surface area contributed by atoms with Crippen LogP contribution in [0.15, 0.2) is 12.1 Å². The monoisotopic (exact) mass is 253 g/mol. The lowest BCUT2D eigenvalue weighted by Crippen LogP contribution is -2.24. The number of methoxy groups -OCH3 is 1. The Morgan fingerprint density at radius 2 is 2.12 bits per heavy atom. The minimum Gasteiger partial charge on any atom is -0.385 e. The van der Waals surface area contributed by atoms with E-state index < -0.39 is 0 Å². The number of hydrogen-bond donors (Lipinski definition) is 1. The first-order valence-electron chi connectivity index (χ1n) is 6.55. The summed E-state index contributed by atoms with van der Waals surface area (Å²) in [6.45, 7) is 5.29. The van der Waals surface area contributed by atoms with Crippen LogP contribution in [0.3, 0.4) is 0 Å². The van der Waals surface area contributed by atoms with Crippen molar-refractivity contribution >= 4 is 11.3 Å². The average Bonchev–Trinajstić information content (AvgIpc) is 2.96. The minimum atomic E-state index is 0.556. The smallest absolute Gasteiger partial charge is 0.0468 e. The summed E-state index contributed by atoms with van der Waals surface area (Å²) in [4.78, 5) is 2.95. The Balaban J connectivity index is 1.69. The molecule has 1 saturated carbocycles. The third-order valence-electron chi connectivity index (χ3n) is 3.66. The molecule has 0 amide bonds. The first kappa shape index (κ1) is 13.1. The van der Waals surface area contributed by atoms with Crippen LogP contribution < -0.4 is 5.32 Å². The molecule has 2 nitrogen and oxygen atoms in total. The molecule has 0 bridgehead atoms. The lowest BCUT2D eigenvalue weighted by molar-refractivity contribution is 0.171. The van der Waals surface area contributed by atoms with Crippen LogP contribution in [-0.4, -0.2) is 20.3 Å². The summed E-state index contributed by atoms with van der Waals surface area (Å²) < 4.78 is 5.17. The standard InChI is InChI=1S/C14H23NOS/c1-3-12-4-5-13(17-12)10-15-11-14(6-7-14)8-9-16-2/h4-5,15H,3,6-11H2,1-2H3. The number of thiophene rings is 1. The summed E-state index contributed by atoms with van der Waals surface area (Å²) in [6.07, 6.45) is 5.10. The number of hydrogen-bond acceptors (Lipinski definition) is 3. The first-order chi connectivity index (χ1) is 8.28. The molecule has 1 fully saturated rings. The molecule has 17 heavy (non-hydrogen) atoms. The Bertz CT molecular complexity index is 344. The molecule has 0 spiro atoms. The predicted octanol–water partition coefficient (Wildman–Crippen LogP) is 3.22. The highest BCUT2D eigenvalue weighted by Crippen LogP contribution is 2.48. The Morgan fingerprint density at radius 1 is 1.35 bits per heavy atom. The molecule has 2 rings (SSSR count). The van der Waals surface area contributed by atoms with E-state index in [1.54, 1.807) is 7.11 Å². The van der Waals surface area contributed by atoms with Crippen molar-refractivity contribution in [3.05, 3.63) is 21.9 Å². The highest BCUT2D eigenvalue weighted by molar-refractivity contribution is 7.11. The quantitative estimate of drug-likeness (QED) is 0.768. The van der Waals surface area contributed by atoms with Gasteiger partial charge in [0.1, 0.15) is 0 Å². The van der Waals surface area contributed by atoms with Gasteiger partial charge in [-0.1, -0.05) is 6.92 Å². The van der Waals surface area contributed by atoms with Gasteiger partial charge in [-0.05, 0) is 43.2 Å². The molecule has 1 aromatic rings. The molecule has 1 heterocycles. The molecular weight excluding hydrogens is 230 g/mol. The molecule has 0 atom stereocenters. The summed E-state index contributed by atoms with van der Waals surface area (Å²) in [5.74, 6) is 0. The Kier molecular flexibility index (Phi) is 4.60. The molecule has 1 aliphatic carbocycles. The van der Waals surface area contributed by atoms with Crippen molar-refractivity contribution in [1.82, 2.24) is 5.32 Å². The van der Waals surface area contributed by atoms with Crippen LogP contribution in [-0.2, 0) is 17.7 Å². The third kappa shape index (κ3) is 3.80. The second-order valence-corrected chi connectivity index (χ2v) is 6.32. The molecule has 1 aromatic heterocycles. The molecule has 96 valence electrons. The second kappa shape index (κ2) is 5.98. The molecular formula is C14H23NOS. The third-order valence-corrected chi connectivity index (χ3v) is 4.89. The zero-order valence-electron chi connectivity index (χ0n) is 10.9. The number of nitrogens with one attached hydrogen (secondary N) is 1. The maximum absolute atomic E-state index is 5.17. The van der Waals surface area contributed by atoms with Crippen molar-refractivity contribution < 1.29 is 4.74 Å². The predicted molar refractivity (Wildman–Crippen MR) is 73.6 cm³/mol. The molecule has 3 heteroatoms. The maximum Gasteiger partial charge on any atom is 0.0468 e. The van der Waals surface area contributed by atoms with Gasteiger partial charge < -0.3 is 10.1 Å². The summed E-state index contributed by atoms with van der Waals surface area (Å²) in [6, 6.07) is 4.50. The Morgan fingerprint density at radius 3 is 2.71 bits per heavy atom. The summed E-state index contributed by atoms with van der Waals surface area (Å²) in [7, 11) is 1.79. The van der Waals surface area contributed by atoms with E-state index in [4.69, 9.17) is 4.74 Å². The normalized spacial score (nSPS) is 17.3. The summed E-state index contributed by atoms with van der Waals surface area (Å²) >= 11 is 1.93. The van der Waals surface area contributed by atoms with Crippen molar-refractivity contribution in [2.24, 2.45) is 5.41 Å². The topological polar surface area (TPSA) is 21.3 Å². The van der Waals surface area contributed by atoms with Crippen molar-refractivity contribution in [3.63, 3.8) is 0 Å². The Hall–Kier alpha value is -0.380. The van der Waals surface area contributed by atoms with E-state index in [0.29, 0.717) is 5.41 Å². The largest absolute Gasteiger partial charge is 0.385 e. The molecule has 0 unspecified atom stereocenters. The molecule has 1 aliphatic rings. The van der Waals surface area contributed by atoms with E-state index in [0.717, 1.165) is 26.1 Å². The van der Waals surface area contributed by atoms with Gasteiger partial charge in [0, 0.05) is 36.6 Å². The highest BCUT2D eigenvalue weighted by Gasteiger charge is 2.41. The fourth-order valence-electron chi connectivity index (χ4n) is 2.17. The van der Waals surface area contributed by atoms with Crippen LogP contribution in [0.5, 0.6) is 0 Å². The van der Waals surface area contributed by atoms with Gasteiger partial charge in [-0.3, -0.25) is 0 Å². The van der Waals surface area contributed by atoms with Gasteiger partial charge in [-0.25, -0.2) is 0 Å². The van der Waals surface area contributed by atoms with E-state index in [1.807, 2.05) is 11.3 Å². The molecule has 0 aliphatic heterocycles. The van der Waals surface area contributed by atoms with Gasteiger partial charge in [0.15, 0.2) is 0 Å². The molecule has 0 saturated heterocycles. The maximum atomic E-state index is 5.17. The van der Waals surface area contributed by atoms with E-state index in [2.05, 4.69) is 24.4 Å². The summed E-state index contributed by atoms with van der Waals surface area (Å²) in [5, 5.41) is 3.61. The summed E-state index contributed by atoms with van der Waals surface area (Å²) in [5.41, 5.74) is 0.556. The van der Waals surface area contributed by atoms with E-state index >= 15 is 0 Å². The zero-order valence-corrected chi connectivity index (χ0v) is 11.7.